The second-order valence-electron chi connectivity index (χ2n) is 8.51. The molecule has 39 heavy (non-hydrogen) atoms. The third-order valence-corrected chi connectivity index (χ3v) is 6.06. The lowest BCUT2D eigenvalue weighted by Gasteiger charge is -2.15. The molecule has 0 bridgehead atoms. The van der Waals surface area contributed by atoms with Crippen LogP contribution in [0.15, 0.2) is 83.0 Å². The lowest BCUT2D eigenvalue weighted by Crippen LogP contribution is -2.26. The van der Waals surface area contributed by atoms with Gasteiger partial charge in [-0.05, 0) is 42.6 Å². The summed E-state index contributed by atoms with van der Waals surface area (Å²) >= 11 is 0. The number of phenols is 1. The Kier molecular flexibility index (Phi) is 7.80. The molecule has 0 aliphatic heterocycles. The van der Waals surface area contributed by atoms with Crippen LogP contribution in [0.3, 0.4) is 0 Å². The van der Waals surface area contributed by atoms with Gasteiger partial charge in [0, 0.05) is 42.4 Å². The van der Waals surface area contributed by atoms with Gasteiger partial charge < -0.3 is 20.1 Å². The van der Waals surface area contributed by atoms with Crippen molar-refractivity contribution in [1.82, 2.24) is 4.90 Å². The van der Waals surface area contributed by atoms with Gasteiger partial charge in [0.1, 0.15) is 17.1 Å². The van der Waals surface area contributed by atoms with Crippen LogP contribution in [0.2, 0.25) is 0 Å². The Bertz CT molecular complexity index is 1620. The average Bonchev–Trinajstić information content (AvgIpc) is 2.95. The van der Waals surface area contributed by atoms with Crippen LogP contribution in [0.25, 0.3) is 10.8 Å². The van der Waals surface area contributed by atoms with Crippen LogP contribution in [0.5, 0.6) is 11.5 Å². The van der Waals surface area contributed by atoms with Gasteiger partial charge in [-0.3, -0.25) is 19.7 Å². The molecule has 198 valence electrons. The summed E-state index contributed by atoms with van der Waals surface area (Å²) in [5.74, 6) is -0.970. The summed E-state index contributed by atoms with van der Waals surface area (Å²) in [7, 11) is 3.14. The van der Waals surface area contributed by atoms with Crippen LogP contribution >= 0.6 is 0 Å². The number of anilines is 1. The monoisotopic (exact) mass is 527 g/mol. The van der Waals surface area contributed by atoms with Crippen molar-refractivity contribution in [3.63, 3.8) is 0 Å². The van der Waals surface area contributed by atoms with Crippen molar-refractivity contribution in [1.29, 1.82) is 0 Å². The van der Waals surface area contributed by atoms with E-state index in [1.807, 2.05) is 6.92 Å². The molecule has 0 unspecified atom stereocenters. The van der Waals surface area contributed by atoms with Crippen molar-refractivity contribution in [2.45, 2.75) is 6.92 Å². The molecule has 0 aliphatic rings. The molecule has 2 N–H and O–H groups in total. The highest BCUT2D eigenvalue weighted by Gasteiger charge is 2.20. The minimum atomic E-state index is -0.692. The van der Waals surface area contributed by atoms with Gasteiger partial charge in [-0.1, -0.05) is 30.3 Å². The molecule has 0 fully saturated rings. The summed E-state index contributed by atoms with van der Waals surface area (Å²) < 4.78 is 5.37. The first-order valence-corrected chi connectivity index (χ1v) is 11.9. The number of amides is 2. The third-order valence-electron chi connectivity index (χ3n) is 6.06. The standard InChI is InChI=1S/C28H25N5O6/c1-4-32(2)28(36)18-12-13-24(39-3)23(15-18)30-31-25-21-11-6-5-8-17(21)14-22(26(25)34)27(35)29-19-9-7-10-20(16-19)33(37)38/h5-16,34H,4H2,1-3H3,(H,29,35). The largest absolute Gasteiger partial charge is 0.505 e. The van der Waals surface area contributed by atoms with Gasteiger partial charge in [0.05, 0.1) is 17.6 Å². The molecule has 0 atom stereocenters. The predicted molar refractivity (Wildman–Crippen MR) is 146 cm³/mol. The zero-order valence-corrected chi connectivity index (χ0v) is 21.4. The van der Waals surface area contributed by atoms with Gasteiger partial charge in [-0.15, -0.1) is 10.2 Å². The SMILES string of the molecule is CCN(C)C(=O)c1ccc(OC)c(N=Nc2c(O)c(C(=O)Nc3cccc([N+](=O)[O-])c3)cc3ccccc23)c1. The maximum atomic E-state index is 13.1. The number of hydrogen-bond donors (Lipinski definition) is 2. The van der Waals surface area contributed by atoms with Gasteiger partial charge in [0.25, 0.3) is 17.5 Å². The number of phenolic OH excluding ortho intramolecular Hbond substituents is 1. The van der Waals surface area contributed by atoms with Crippen LogP contribution in [-0.4, -0.2) is 47.4 Å². The topological polar surface area (TPSA) is 147 Å². The highest BCUT2D eigenvalue weighted by molar-refractivity contribution is 6.11. The number of fused-ring (bicyclic) bond motifs is 1. The molecular weight excluding hydrogens is 502 g/mol. The number of nitro groups is 1. The normalized spacial score (nSPS) is 10.9. The van der Waals surface area contributed by atoms with E-state index < -0.39 is 16.6 Å². The first-order chi connectivity index (χ1) is 18.7. The van der Waals surface area contributed by atoms with Crippen LogP contribution in [-0.2, 0) is 0 Å². The van der Waals surface area contributed by atoms with Crippen LogP contribution in [0, 0.1) is 10.1 Å². The minimum absolute atomic E-state index is 0.0294. The molecule has 4 aromatic carbocycles. The Morgan fingerprint density at radius 2 is 1.82 bits per heavy atom. The van der Waals surface area contributed by atoms with E-state index in [9.17, 15) is 24.8 Å². The smallest absolute Gasteiger partial charge is 0.271 e. The number of non-ortho nitro benzene ring substituents is 1. The summed E-state index contributed by atoms with van der Waals surface area (Å²) in [6, 6.07) is 18.7. The molecule has 0 heterocycles. The molecule has 11 nitrogen and oxygen atoms in total. The Labute approximate surface area is 223 Å². The fourth-order valence-electron chi connectivity index (χ4n) is 3.86. The molecular formula is C28H25N5O6. The number of hydrogen-bond acceptors (Lipinski definition) is 8. The Morgan fingerprint density at radius 1 is 1.05 bits per heavy atom. The van der Waals surface area contributed by atoms with Crippen molar-refractivity contribution >= 4 is 45.3 Å². The molecule has 0 saturated carbocycles. The predicted octanol–water partition coefficient (Wildman–Crippen LogP) is 6.22. The lowest BCUT2D eigenvalue weighted by molar-refractivity contribution is -0.384. The van der Waals surface area contributed by atoms with E-state index in [0.29, 0.717) is 28.6 Å². The molecule has 11 heteroatoms. The van der Waals surface area contributed by atoms with Crippen LogP contribution in [0.1, 0.15) is 27.6 Å². The minimum Gasteiger partial charge on any atom is -0.505 e. The highest BCUT2D eigenvalue weighted by Crippen LogP contribution is 2.40. The maximum Gasteiger partial charge on any atom is 0.271 e. The zero-order chi connectivity index (χ0) is 28.1. The van der Waals surface area contributed by atoms with Crippen molar-refractivity contribution in [3.8, 4) is 11.5 Å². The molecule has 0 saturated heterocycles. The Hall–Kier alpha value is -5.32. The van der Waals surface area contributed by atoms with Gasteiger partial charge in [-0.25, -0.2) is 0 Å². The Balaban J connectivity index is 1.77. The number of nitrogens with one attached hydrogen (secondary N) is 1. The summed E-state index contributed by atoms with van der Waals surface area (Å²) in [5, 5.41) is 34.5. The van der Waals surface area contributed by atoms with Crippen molar-refractivity contribution in [2.75, 3.05) is 26.0 Å². The number of methoxy groups -OCH3 is 1. The van der Waals surface area contributed by atoms with Gasteiger partial charge in [0.2, 0.25) is 0 Å². The molecule has 0 aromatic heterocycles. The number of nitro benzene ring substituents is 1. The Morgan fingerprint density at radius 3 is 2.54 bits per heavy atom. The fourth-order valence-corrected chi connectivity index (χ4v) is 3.86. The van der Waals surface area contributed by atoms with Crippen LogP contribution < -0.4 is 10.1 Å². The van der Waals surface area contributed by atoms with E-state index in [1.54, 1.807) is 48.3 Å². The lowest BCUT2D eigenvalue weighted by atomic mass is 10.0. The average molecular weight is 528 g/mol. The summed E-state index contributed by atoms with van der Waals surface area (Å²) in [5.41, 5.74) is 0.561. The quantitative estimate of drug-likeness (QED) is 0.158. The van der Waals surface area contributed by atoms with Gasteiger partial charge in [0.15, 0.2) is 5.75 Å². The number of azo groups is 1. The van der Waals surface area contributed by atoms with Crippen LogP contribution in [0.4, 0.5) is 22.7 Å². The molecule has 0 spiro atoms. The number of ether oxygens (including phenoxy) is 1. The number of carbonyl (C=O) groups is 2. The van der Waals surface area contributed by atoms with Crippen molar-refractivity contribution < 1.29 is 24.4 Å². The fraction of sp³-hybridized carbons (Fsp3) is 0.143. The number of benzene rings is 4. The molecule has 0 radical (unpaired) electrons. The number of aromatic hydroxyl groups is 1. The van der Waals surface area contributed by atoms with Gasteiger partial charge >= 0.3 is 0 Å². The maximum absolute atomic E-state index is 13.1. The highest BCUT2D eigenvalue weighted by atomic mass is 16.6. The van der Waals surface area contributed by atoms with Gasteiger partial charge in [-0.2, -0.15) is 0 Å². The van der Waals surface area contributed by atoms with E-state index in [0.717, 1.165) is 0 Å². The zero-order valence-electron chi connectivity index (χ0n) is 21.4. The second-order valence-corrected chi connectivity index (χ2v) is 8.51. The molecule has 0 aliphatic carbocycles. The second kappa shape index (κ2) is 11.4. The summed E-state index contributed by atoms with van der Waals surface area (Å²) in [6.07, 6.45) is 0. The number of nitrogens with zero attached hydrogens (tertiary/aromatic N) is 4. The first-order valence-electron chi connectivity index (χ1n) is 11.9. The van der Waals surface area contributed by atoms with Crippen molar-refractivity contribution in [3.05, 3.63) is 94.0 Å². The third kappa shape index (κ3) is 5.67. The summed E-state index contributed by atoms with van der Waals surface area (Å²) in [6.45, 7) is 2.38. The van der Waals surface area contributed by atoms with E-state index in [1.165, 1.54) is 43.5 Å². The van der Waals surface area contributed by atoms with E-state index >= 15 is 0 Å². The van der Waals surface area contributed by atoms with E-state index in [4.69, 9.17) is 4.74 Å². The summed E-state index contributed by atoms with van der Waals surface area (Å²) in [4.78, 5) is 37.8. The first kappa shape index (κ1) is 26.7. The van der Waals surface area contributed by atoms with E-state index in [-0.39, 0.29) is 34.2 Å². The van der Waals surface area contributed by atoms with E-state index in [2.05, 4.69) is 15.5 Å². The number of carbonyl (C=O) groups excluding carboxylic acids is 2. The number of rotatable bonds is 8. The molecule has 2 amide bonds. The van der Waals surface area contributed by atoms with Crippen molar-refractivity contribution in [2.24, 2.45) is 10.2 Å². The molecule has 4 rings (SSSR count). The molecule has 4 aromatic rings.